The van der Waals surface area contributed by atoms with Gasteiger partial charge in [-0.2, -0.15) is 0 Å². The van der Waals surface area contributed by atoms with Crippen molar-refractivity contribution in [3.05, 3.63) is 12.2 Å². The first-order valence-corrected chi connectivity index (χ1v) is 20.2. The van der Waals surface area contributed by atoms with Crippen LogP contribution in [0.2, 0.25) is 36.3 Å². The molecule has 3 aliphatic carbocycles. The average molecular weight is 523 g/mol. The van der Waals surface area contributed by atoms with E-state index in [1.165, 1.54) is 25.7 Å². The third-order valence-corrected chi connectivity index (χ3v) is 19.9. The largest absolute Gasteiger partial charge is 0.413 e. The maximum atomic E-state index is 10.1. The van der Waals surface area contributed by atoms with E-state index in [2.05, 4.69) is 79.9 Å². The molecule has 0 aromatic heterocycles. The first-order chi connectivity index (χ1) is 16.0. The maximum absolute atomic E-state index is 10.1. The lowest BCUT2D eigenvalue weighted by atomic mass is 9.88. The first-order valence-electron chi connectivity index (χ1n) is 14.3. The van der Waals surface area contributed by atoms with Crippen molar-refractivity contribution in [1.29, 1.82) is 0 Å². The van der Waals surface area contributed by atoms with Crippen LogP contribution in [0.25, 0.3) is 0 Å². The molecule has 0 aromatic carbocycles. The zero-order valence-electron chi connectivity index (χ0n) is 24.3. The predicted molar refractivity (Wildman–Crippen MR) is 150 cm³/mol. The summed E-state index contributed by atoms with van der Waals surface area (Å²) in [6.45, 7) is 23.8. The minimum absolute atomic E-state index is 0.161. The van der Waals surface area contributed by atoms with Crippen LogP contribution < -0.4 is 0 Å². The Bertz CT molecular complexity index is 789. The minimum atomic E-state index is -1.89. The summed E-state index contributed by atoms with van der Waals surface area (Å²) in [6.07, 6.45) is 12.9. The second-order valence-electron chi connectivity index (χ2n) is 15.3. The quantitative estimate of drug-likeness (QED) is 0.206. The van der Waals surface area contributed by atoms with Gasteiger partial charge in [-0.15, -0.1) is 0 Å². The van der Waals surface area contributed by atoms with Crippen LogP contribution in [-0.2, 0) is 13.6 Å². The number of aliphatic hydroxyl groups excluding tert-OH is 1. The van der Waals surface area contributed by atoms with Crippen LogP contribution in [0.1, 0.15) is 80.1 Å². The zero-order valence-corrected chi connectivity index (χ0v) is 26.3. The van der Waals surface area contributed by atoms with E-state index in [4.69, 9.17) is 13.6 Å². The molecule has 4 rings (SSSR count). The molecule has 1 N–H and O–H groups in total. The maximum Gasteiger partial charge on any atom is 0.192 e. The Morgan fingerprint density at radius 2 is 1.57 bits per heavy atom. The van der Waals surface area contributed by atoms with Gasteiger partial charge in [0.25, 0.3) is 0 Å². The SMILES string of the molecule is CC(C)(C)[Si](C)(C)O[C@H](/C=C/[C@H]1[C@H]2CC3(CO)OC3[C@H]2C[C@H]1O[Si](C)(C)C(C)(C)C)C1CCCC1. The molecule has 7 atom stereocenters. The Balaban J connectivity index is 1.59. The van der Waals surface area contributed by atoms with E-state index < -0.39 is 16.6 Å². The number of hydrogen-bond acceptors (Lipinski definition) is 4. The van der Waals surface area contributed by atoms with E-state index in [1.807, 2.05) is 0 Å². The summed E-state index contributed by atoms with van der Waals surface area (Å²) in [4.78, 5) is 0. The van der Waals surface area contributed by atoms with Gasteiger partial charge in [-0.1, -0.05) is 66.5 Å². The highest BCUT2D eigenvalue weighted by Crippen LogP contribution is 2.63. The molecule has 4 nitrogen and oxygen atoms in total. The van der Waals surface area contributed by atoms with Crippen molar-refractivity contribution < 1.29 is 18.7 Å². The van der Waals surface area contributed by atoms with E-state index in [1.54, 1.807) is 0 Å². The van der Waals surface area contributed by atoms with Crippen LogP contribution in [0.4, 0.5) is 0 Å². The fourth-order valence-electron chi connectivity index (χ4n) is 6.53. The monoisotopic (exact) mass is 522 g/mol. The molecule has 1 heterocycles. The van der Waals surface area contributed by atoms with Gasteiger partial charge in [-0.05, 0) is 79.7 Å². The highest BCUT2D eigenvalue weighted by atomic mass is 28.4. The summed E-state index contributed by atoms with van der Waals surface area (Å²) in [5.74, 6) is 2.09. The van der Waals surface area contributed by atoms with Crippen LogP contribution in [0.5, 0.6) is 0 Å². The Hall–Kier alpha value is 0.0138. The van der Waals surface area contributed by atoms with Crippen LogP contribution in [0.3, 0.4) is 0 Å². The number of rotatable bonds is 8. The summed E-state index contributed by atoms with van der Waals surface area (Å²) >= 11 is 0. The third kappa shape index (κ3) is 5.31. The van der Waals surface area contributed by atoms with Crippen LogP contribution in [0, 0.1) is 23.7 Å². The Kier molecular flexibility index (Phi) is 7.48. The molecule has 0 spiro atoms. The van der Waals surface area contributed by atoms with Gasteiger partial charge < -0.3 is 18.7 Å². The molecule has 0 aromatic rings. The molecule has 3 saturated carbocycles. The first kappa shape index (κ1) is 28.0. The molecule has 4 aliphatic rings. The third-order valence-electron chi connectivity index (χ3n) is 10.9. The molecule has 2 unspecified atom stereocenters. The molecule has 6 heteroatoms. The standard InChI is InChI=1S/C29H54O4Si2/c1-27(2,3)34(7,8)32-24(20-13-11-12-14-20)16-15-21-23-18-29(19-30)26(31-29)22(23)17-25(21)33-35(9,10)28(4,5)6/h15-16,20-26,30H,11-14,17-19H2,1-10H3/b16-15+/t21-,22-,23+,24+,25+,26?,29?/m0/s1. The number of aliphatic hydroxyl groups is 1. The highest BCUT2D eigenvalue weighted by molar-refractivity contribution is 6.74. The summed E-state index contributed by atoms with van der Waals surface area (Å²) in [6, 6.07) is 0. The van der Waals surface area contributed by atoms with Crippen molar-refractivity contribution in [3.63, 3.8) is 0 Å². The lowest BCUT2D eigenvalue weighted by Gasteiger charge is -2.41. The van der Waals surface area contributed by atoms with Gasteiger partial charge in [0.05, 0.1) is 24.9 Å². The van der Waals surface area contributed by atoms with Gasteiger partial charge in [0.2, 0.25) is 0 Å². The molecule has 1 aliphatic heterocycles. The van der Waals surface area contributed by atoms with Gasteiger partial charge in [0.1, 0.15) is 5.60 Å². The minimum Gasteiger partial charge on any atom is -0.413 e. The molecule has 0 radical (unpaired) electrons. The van der Waals surface area contributed by atoms with Crippen molar-refractivity contribution in [2.75, 3.05) is 6.61 Å². The number of ether oxygens (including phenoxy) is 1. The van der Waals surface area contributed by atoms with Gasteiger partial charge in [-0.25, -0.2) is 0 Å². The van der Waals surface area contributed by atoms with E-state index in [0.29, 0.717) is 23.7 Å². The van der Waals surface area contributed by atoms with Crippen molar-refractivity contribution in [3.8, 4) is 0 Å². The van der Waals surface area contributed by atoms with Gasteiger partial charge in [-0.3, -0.25) is 0 Å². The Morgan fingerprint density at radius 1 is 0.971 bits per heavy atom. The molecular formula is C29H54O4Si2. The fraction of sp³-hybridized carbons (Fsp3) is 0.931. The molecule has 1 saturated heterocycles. The summed E-state index contributed by atoms with van der Waals surface area (Å²) in [5.41, 5.74) is -0.258. The van der Waals surface area contributed by atoms with E-state index in [9.17, 15) is 5.11 Å². The fourth-order valence-corrected chi connectivity index (χ4v) is 9.20. The molecule has 0 amide bonds. The van der Waals surface area contributed by atoms with E-state index in [-0.39, 0.29) is 40.6 Å². The molecule has 35 heavy (non-hydrogen) atoms. The van der Waals surface area contributed by atoms with Gasteiger partial charge >= 0.3 is 0 Å². The molecule has 202 valence electrons. The normalized spacial score (nSPS) is 37.2. The molecule has 0 bridgehead atoms. The van der Waals surface area contributed by atoms with Crippen molar-refractivity contribution in [2.45, 2.75) is 140 Å². The van der Waals surface area contributed by atoms with Crippen LogP contribution >= 0.6 is 0 Å². The van der Waals surface area contributed by atoms with Crippen LogP contribution in [-0.4, -0.2) is 52.3 Å². The number of hydrogen-bond donors (Lipinski definition) is 1. The average Bonchev–Trinajstić information content (AvgIpc) is 3.05. The summed E-state index contributed by atoms with van der Waals surface area (Å²) in [5, 5.41) is 10.5. The Labute approximate surface area is 217 Å². The van der Waals surface area contributed by atoms with Crippen molar-refractivity contribution in [1.82, 2.24) is 0 Å². The van der Waals surface area contributed by atoms with Gasteiger partial charge in [0.15, 0.2) is 16.6 Å². The second-order valence-corrected chi connectivity index (χ2v) is 24.8. The van der Waals surface area contributed by atoms with Crippen LogP contribution in [0.15, 0.2) is 12.2 Å². The lowest BCUT2D eigenvalue weighted by Crippen LogP contribution is -2.45. The van der Waals surface area contributed by atoms with Gasteiger partial charge in [0, 0.05) is 5.92 Å². The van der Waals surface area contributed by atoms with Crippen molar-refractivity contribution in [2.24, 2.45) is 23.7 Å². The predicted octanol–water partition coefficient (Wildman–Crippen LogP) is 7.30. The number of fused-ring (bicyclic) bond motifs is 3. The zero-order chi connectivity index (χ0) is 26.0. The topological polar surface area (TPSA) is 51.2 Å². The Morgan fingerprint density at radius 3 is 2.11 bits per heavy atom. The summed E-state index contributed by atoms with van der Waals surface area (Å²) < 4.78 is 20.2. The smallest absolute Gasteiger partial charge is 0.192 e. The van der Waals surface area contributed by atoms with Crippen molar-refractivity contribution >= 4 is 16.6 Å². The lowest BCUT2D eigenvalue weighted by molar-refractivity contribution is 0.109. The number of epoxide rings is 1. The molecule has 4 fully saturated rings. The van der Waals surface area contributed by atoms with E-state index in [0.717, 1.165) is 12.8 Å². The molecular weight excluding hydrogens is 468 g/mol. The highest BCUT2D eigenvalue weighted by Gasteiger charge is 2.71. The second kappa shape index (κ2) is 9.34. The summed E-state index contributed by atoms with van der Waals surface area (Å²) in [7, 11) is -3.76. The van der Waals surface area contributed by atoms with E-state index >= 15 is 0 Å².